The molecule has 0 unspecified atom stereocenters. The first-order valence-corrected chi connectivity index (χ1v) is 20.9. The Labute approximate surface area is 354 Å². The second-order valence-corrected chi connectivity index (χ2v) is 20.6. The van der Waals surface area contributed by atoms with Crippen molar-refractivity contribution in [1.82, 2.24) is 9.13 Å². The minimum absolute atomic E-state index is 0.0738. The quantitative estimate of drug-likeness (QED) is 0.179. The number of hydrogen-bond acceptors (Lipinski definition) is 3. The molecule has 8 aromatic rings. The van der Waals surface area contributed by atoms with Gasteiger partial charge in [0, 0.05) is 21.5 Å². The van der Waals surface area contributed by atoms with Crippen molar-refractivity contribution in [1.29, 1.82) is 15.8 Å². The second kappa shape index (κ2) is 13.7. The maximum Gasteiger partial charge on any atom is 0.104 e. The normalized spacial score (nSPS) is 12.6. The highest BCUT2D eigenvalue weighted by Crippen LogP contribution is 2.43. The summed E-state index contributed by atoms with van der Waals surface area (Å²) in [6.07, 6.45) is 0. The van der Waals surface area contributed by atoms with Crippen molar-refractivity contribution in [2.45, 2.75) is 105 Å². The van der Waals surface area contributed by atoms with E-state index in [4.69, 9.17) is 0 Å². The van der Waals surface area contributed by atoms with Crippen LogP contribution in [0.5, 0.6) is 0 Å². The summed E-state index contributed by atoms with van der Waals surface area (Å²) in [6, 6.07) is 43.6. The van der Waals surface area contributed by atoms with E-state index >= 15 is 0 Å². The lowest BCUT2D eigenvalue weighted by molar-refractivity contribution is 0.590. The van der Waals surface area contributed by atoms with E-state index in [1.807, 2.05) is 12.1 Å². The fourth-order valence-electron chi connectivity index (χ4n) is 8.60. The molecule has 298 valence electrons. The maximum atomic E-state index is 11.6. The molecule has 0 N–H and O–H groups in total. The van der Waals surface area contributed by atoms with Gasteiger partial charge in [-0.3, -0.25) is 0 Å². The van der Waals surface area contributed by atoms with Gasteiger partial charge in [0.05, 0.1) is 56.7 Å². The summed E-state index contributed by atoms with van der Waals surface area (Å²) >= 11 is 0. The zero-order valence-electron chi connectivity index (χ0n) is 37.1. The average molecular weight is 784 g/mol. The molecule has 0 aliphatic heterocycles. The number of nitrogens with zero attached hydrogens (tertiary/aromatic N) is 5. The van der Waals surface area contributed by atoms with E-state index in [0.29, 0.717) is 16.7 Å². The third-order valence-electron chi connectivity index (χ3n) is 12.2. The zero-order chi connectivity index (χ0) is 43.3. The Morgan fingerprint density at radius 1 is 0.350 bits per heavy atom. The van der Waals surface area contributed by atoms with Gasteiger partial charge in [-0.15, -0.1) is 0 Å². The van der Waals surface area contributed by atoms with E-state index in [-0.39, 0.29) is 21.7 Å². The smallest absolute Gasteiger partial charge is 0.104 e. The fraction of sp³-hybridized carbons (Fsp3) is 0.291. The van der Waals surface area contributed by atoms with Crippen molar-refractivity contribution < 1.29 is 0 Å². The monoisotopic (exact) mass is 783 g/mol. The highest BCUT2D eigenvalue weighted by molar-refractivity contribution is 6.12. The average Bonchev–Trinajstić information content (AvgIpc) is 3.70. The number of benzene rings is 6. The molecule has 0 radical (unpaired) electrons. The number of hydrogen-bond donors (Lipinski definition) is 0. The molecular formula is C55H53N5. The molecule has 0 bridgehead atoms. The summed E-state index contributed by atoms with van der Waals surface area (Å²) < 4.78 is 4.50. The van der Waals surface area contributed by atoms with Crippen LogP contribution >= 0.6 is 0 Å². The Bertz CT molecular complexity index is 2860. The molecule has 0 aliphatic rings. The number of aromatic nitrogens is 2. The lowest BCUT2D eigenvalue weighted by Gasteiger charge is -2.21. The minimum Gasteiger partial charge on any atom is -0.308 e. The Hall–Kier alpha value is -6.61. The van der Waals surface area contributed by atoms with Crippen LogP contribution in [-0.2, 0) is 21.7 Å². The summed E-state index contributed by atoms with van der Waals surface area (Å²) in [6.45, 7) is 26.9. The van der Waals surface area contributed by atoms with Gasteiger partial charge >= 0.3 is 0 Å². The van der Waals surface area contributed by atoms with Crippen LogP contribution < -0.4 is 0 Å². The SMILES string of the molecule is CC(C)(C)c1ccc2c(c1)c1cc(C(C)(C)C)ccc1n2-c1cc(-c2cc(C#N)cc(C#N)c2)cc(-n2c3ccc(C(C)(C)C)cc3c3cc(C(C)(C)C)ccc32)c1C#N. The van der Waals surface area contributed by atoms with Gasteiger partial charge in [0.15, 0.2) is 0 Å². The topological polar surface area (TPSA) is 81.2 Å². The van der Waals surface area contributed by atoms with Crippen molar-refractivity contribution in [3.63, 3.8) is 0 Å². The first kappa shape index (κ1) is 40.2. The van der Waals surface area contributed by atoms with Crippen molar-refractivity contribution in [2.24, 2.45) is 0 Å². The molecule has 5 nitrogen and oxygen atoms in total. The van der Waals surface area contributed by atoms with Crippen molar-refractivity contribution >= 4 is 43.6 Å². The molecule has 0 saturated carbocycles. The first-order chi connectivity index (χ1) is 28.1. The molecule has 6 aromatic carbocycles. The third kappa shape index (κ3) is 6.72. The van der Waals surface area contributed by atoms with E-state index < -0.39 is 0 Å². The molecule has 0 atom stereocenters. The molecule has 5 heteroatoms. The summed E-state index contributed by atoms with van der Waals surface area (Å²) in [4.78, 5) is 0. The number of fused-ring (bicyclic) bond motifs is 6. The minimum atomic E-state index is -0.0738. The zero-order valence-corrected chi connectivity index (χ0v) is 37.1. The van der Waals surface area contributed by atoms with Gasteiger partial charge in [0.1, 0.15) is 11.6 Å². The standard InChI is InChI=1S/C55H53N5/c1-52(2,3)37-13-17-46-41(26-37)42-27-38(53(4,5)6)14-18-47(42)59(46)50-24-36(35-22-33(30-56)21-34(23-35)31-57)25-51(45(50)32-58)60-48-19-15-39(54(7,8)9)28-43(48)44-29-40(55(10,11)12)16-20-49(44)60/h13-29H,1-12H3. The molecule has 60 heavy (non-hydrogen) atoms. The van der Waals surface area contributed by atoms with Gasteiger partial charge in [-0.25, -0.2) is 0 Å². The summed E-state index contributed by atoms with van der Waals surface area (Å²) in [5, 5.41) is 36.3. The highest BCUT2D eigenvalue weighted by atomic mass is 15.0. The van der Waals surface area contributed by atoms with Crippen LogP contribution in [-0.4, -0.2) is 9.13 Å². The van der Waals surface area contributed by atoms with Gasteiger partial charge in [0.2, 0.25) is 0 Å². The molecule has 0 fully saturated rings. The number of nitriles is 3. The van der Waals surface area contributed by atoms with Crippen LogP contribution in [0.15, 0.2) is 103 Å². The molecule has 2 heterocycles. The summed E-state index contributed by atoms with van der Waals surface area (Å²) in [5.41, 5.74) is 12.9. The Morgan fingerprint density at radius 3 is 0.883 bits per heavy atom. The molecule has 0 spiro atoms. The Balaban J connectivity index is 1.57. The molecule has 0 saturated heterocycles. The predicted molar refractivity (Wildman–Crippen MR) is 250 cm³/mol. The van der Waals surface area contributed by atoms with E-state index in [9.17, 15) is 15.8 Å². The summed E-state index contributed by atoms with van der Waals surface area (Å²) in [5.74, 6) is 0. The van der Waals surface area contributed by atoms with Gasteiger partial charge in [0.25, 0.3) is 0 Å². The van der Waals surface area contributed by atoms with Crippen molar-refractivity contribution in [2.75, 3.05) is 0 Å². The van der Waals surface area contributed by atoms with E-state index in [1.54, 1.807) is 6.07 Å². The van der Waals surface area contributed by atoms with Crippen molar-refractivity contribution in [3.05, 3.63) is 142 Å². The van der Waals surface area contributed by atoms with Crippen LogP contribution in [0.4, 0.5) is 0 Å². The van der Waals surface area contributed by atoms with Crippen LogP contribution in [0.3, 0.4) is 0 Å². The molecular weight excluding hydrogens is 731 g/mol. The lowest BCUT2D eigenvalue weighted by Crippen LogP contribution is -2.11. The fourth-order valence-corrected chi connectivity index (χ4v) is 8.60. The van der Waals surface area contributed by atoms with Gasteiger partial charge in [-0.2, -0.15) is 15.8 Å². The Kier molecular flexibility index (Phi) is 9.19. The van der Waals surface area contributed by atoms with Crippen LogP contribution in [0.25, 0.3) is 66.1 Å². The molecule has 2 aromatic heterocycles. The van der Waals surface area contributed by atoms with Gasteiger partial charge in [-0.05, 0) is 134 Å². The molecule has 0 amide bonds. The van der Waals surface area contributed by atoms with E-state index in [2.05, 4.69) is 195 Å². The van der Waals surface area contributed by atoms with Crippen molar-refractivity contribution in [3.8, 4) is 40.7 Å². The van der Waals surface area contributed by atoms with Crippen LogP contribution in [0.2, 0.25) is 0 Å². The predicted octanol–water partition coefficient (Wildman–Crippen LogP) is 14.4. The third-order valence-corrected chi connectivity index (χ3v) is 12.2. The Morgan fingerprint density at radius 2 is 0.633 bits per heavy atom. The van der Waals surface area contributed by atoms with Crippen LogP contribution in [0, 0.1) is 34.0 Å². The van der Waals surface area contributed by atoms with Crippen LogP contribution in [0.1, 0.15) is 122 Å². The van der Waals surface area contributed by atoms with E-state index in [1.165, 1.54) is 22.3 Å². The summed E-state index contributed by atoms with van der Waals surface area (Å²) in [7, 11) is 0. The highest BCUT2D eigenvalue weighted by Gasteiger charge is 2.27. The van der Waals surface area contributed by atoms with Gasteiger partial charge in [-0.1, -0.05) is 107 Å². The number of rotatable bonds is 3. The second-order valence-electron chi connectivity index (χ2n) is 20.6. The first-order valence-electron chi connectivity index (χ1n) is 20.9. The molecule has 8 rings (SSSR count). The maximum absolute atomic E-state index is 11.6. The van der Waals surface area contributed by atoms with Gasteiger partial charge < -0.3 is 9.13 Å². The van der Waals surface area contributed by atoms with E-state index in [0.717, 1.165) is 66.1 Å². The molecule has 0 aliphatic carbocycles. The lowest BCUT2D eigenvalue weighted by atomic mass is 9.85. The largest absolute Gasteiger partial charge is 0.308 e.